The topological polar surface area (TPSA) is 326 Å². The first-order chi connectivity index (χ1) is 35.9. The van der Waals surface area contributed by atoms with Gasteiger partial charge in [-0.05, 0) is 63.9 Å². The number of allylic oxidation sites excluding steroid dienone is 10. The molecule has 0 aliphatic carbocycles. The van der Waals surface area contributed by atoms with Crippen LogP contribution in [0.25, 0.3) is 0 Å². The van der Waals surface area contributed by atoms with Crippen LogP contribution in [0.2, 0.25) is 0 Å². The number of aliphatic hydroxyl groups excluding tert-OH is 5. The quantitative estimate of drug-likeness (QED) is 0.0102. The van der Waals surface area contributed by atoms with Gasteiger partial charge in [-0.3, -0.25) is 23.2 Å². The molecule has 10 atom stereocenters. The highest BCUT2D eigenvalue weighted by Gasteiger charge is 2.46. The van der Waals surface area contributed by atoms with Crippen LogP contribution in [-0.4, -0.2) is 119 Å². The summed E-state index contributed by atoms with van der Waals surface area (Å²) in [7, 11) is -11.0. The van der Waals surface area contributed by atoms with Crippen LogP contribution in [0.1, 0.15) is 155 Å². The number of hydrogen-bond donors (Lipinski definition) is 8. The molecular weight excluding hydrogens is 1020 g/mol. The number of anilines is 1. The van der Waals surface area contributed by atoms with Crippen LogP contribution in [0, 0.1) is 0 Å². The minimum atomic E-state index is -5.52. The molecule has 23 heteroatoms. The summed E-state index contributed by atoms with van der Waals surface area (Å²) < 4.78 is 56.5. The lowest BCUT2D eigenvalue weighted by molar-refractivity contribution is -0.161. The van der Waals surface area contributed by atoms with Crippen molar-refractivity contribution in [3.05, 3.63) is 95.7 Å². The van der Waals surface area contributed by atoms with Gasteiger partial charge in [0.05, 0.1) is 31.5 Å². The number of unbranched alkanes of at least 4 members (excludes halogenated alkanes) is 12. The van der Waals surface area contributed by atoms with E-state index in [0.717, 1.165) is 87.8 Å². The molecule has 426 valence electrons. The number of nitrogen functional groups attached to an aromatic ring is 1. The van der Waals surface area contributed by atoms with Crippen LogP contribution in [0.5, 0.6) is 0 Å². The van der Waals surface area contributed by atoms with E-state index < -0.39 is 102 Å². The van der Waals surface area contributed by atoms with E-state index in [1.54, 1.807) is 36.5 Å². The van der Waals surface area contributed by atoms with Gasteiger partial charge in [0.25, 0.3) is 0 Å². The normalized spacial score (nSPS) is 20.7. The predicted octanol–water partition coefficient (Wildman–Crippen LogP) is 7.80. The van der Waals surface area contributed by atoms with Gasteiger partial charge in [0, 0.05) is 19.0 Å². The van der Waals surface area contributed by atoms with Gasteiger partial charge in [-0.2, -0.15) is 9.29 Å². The van der Waals surface area contributed by atoms with Crippen molar-refractivity contribution in [2.24, 2.45) is 0 Å². The Bertz CT molecular complexity index is 2100. The number of aliphatic hydroxyl groups is 5. The number of carbonyl (C=O) groups is 2. The Morgan fingerprint density at radius 1 is 0.733 bits per heavy atom. The molecule has 0 radical (unpaired) electrons. The smallest absolute Gasteiger partial charge is 0.462 e. The summed E-state index contributed by atoms with van der Waals surface area (Å²) in [6, 6.07) is 1.22. The second-order valence-electron chi connectivity index (χ2n) is 18.2. The molecule has 0 amide bonds. The molecule has 1 fully saturated rings. The molecule has 1 aromatic heterocycles. The summed E-state index contributed by atoms with van der Waals surface area (Å²) in [4.78, 5) is 62.0. The van der Waals surface area contributed by atoms with Crippen molar-refractivity contribution in [1.29, 1.82) is 0 Å². The maximum atomic E-state index is 12.9. The standard InChI is InChI=1S/C52H85N3O18P2/c1-3-5-7-8-9-10-11-12-13-14-15-16-17-18-19-24-28-34-47(59)68-38-42(71-48(60)35-29-33-44(58)43(57)32-27-23-21-20-22-26-31-41(56)30-25-6-4-2)39-69-74(64,65)73-75(66,67)70-40-45-49(61)50(62)51(72-45)55-37-36-46(53)54-52(55)63/h9-10,12-13,20-23,26-27,31-32,36-37,41-45,49-51,56-58,61-62H,3-8,11,14-19,24-25,28-30,33-35,38-40H2,1-2H3,(H,64,65)(H,66,67)(H2,53,54,63)/b10-9-,13-12-,22-20-,23-21+,31-26+,32-27+/t41-,42+,43-,44-,45+,49+,50+,51+/m0/s1. The number of ether oxygens (including phenoxy) is 3. The number of phosphoric ester groups is 2. The fraction of sp³-hybridized carbons (Fsp3) is 0.654. The Kier molecular flexibility index (Phi) is 35.3. The monoisotopic (exact) mass is 1100 g/mol. The maximum absolute atomic E-state index is 12.9. The van der Waals surface area contributed by atoms with Gasteiger partial charge in [0.2, 0.25) is 0 Å². The third-order valence-corrected chi connectivity index (χ3v) is 14.2. The van der Waals surface area contributed by atoms with E-state index in [2.05, 4.69) is 47.4 Å². The third kappa shape index (κ3) is 31.8. The first-order valence-corrected chi connectivity index (χ1v) is 29.3. The Hall–Kier alpha value is -3.92. The summed E-state index contributed by atoms with van der Waals surface area (Å²) in [5.74, 6) is -1.66. The van der Waals surface area contributed by atoms with Gasteiger partial charge < -0.3 is 55.3 Å². The summed E-state index contributed by atoms with van der Waals surface area (Å²) in [6.45, 7) is 1.68. The molecule has 1 aromatic rings. The highest BCUT2D eigenvalue weighted by molar-refractivity contribution is 7.61. The van der Waals surface area contributed by atoms with Crippen LogP contribution in [0.4, 0.5) is 5.82 Å². The summed E-state index contributed by atoms with van der Waals surface area (Å²) >= 11 is 0. The number of nitrogens with two attached hydrogens (primary N) is 1. The first-order valence-electron chi connectivity index (χ1n) is 26.3. The summed E-state index contributed by atoms with van der Waals surface area (Å²) in [5.41, 5.74) is 4.55. The molecule has 2 rings (SSSR count). The molecule has 1 saturated heterocycles. The van der Waals surface area contributed by atoms with E-state index in [0.29, 0.717) is 12.8 Å². The molecule has 2 unspecified atom stereocenters. The minimum absolute atomic E-state index is 0.0269. The van der Waals surface area contributed by atoms with Crippen LogP contribution in [0.15, 0.2) is 90.0 Å². The fourth-order valence-electron chi connectivity index (χ4n) is 7.37. The zero-order chi connectivity index (χ0) is 55.3. The predicted molar refractivity (Wildman–Crippen MR) is 283 cm³/mol. The number of aromatic nitrogens is 2. The van der Waals surface area contributed by atoms with E-state index in [1.807, 2.05) is 0 Å². The summed E-state index contributed by atoms with van der Waals surface area (Å²) in [5, 5.41) is 51.7. The van der Waals surface area contributed by atoms with Crippen LogP contribution in [-0.2, 0) is 46.3 Å². The van der Waals surface area contributed by atoms with Crippen molar-refractivity contribution in [3.8, 4) is 0 Å². The number of nitrogens with zero attached hydrogens (tertiary/aromatic N) is 2. The Balaban J connectivity index is 1.89. The van der Waals surface area contributed by atoms with Gasteiger partial charge in [0.1, 0.15) is 30.7 Å². The summed E-state index contributed by atoms with van der Waals surface area (Å²) in [6.07, 6.45) is 28.9. The van der Waals surface area contributed by atoms with E-state index in [9.17, 15) is 58.8 Å². The van der Waals surface area contributed by atoms with Crippen LogP contribution >= 0.6 is 15.6 Å². The number of rotatable bonds is 42. The van der Waals surface area contributed by atoms with Crippen molar-refractivity contribution in [1.82, 2.24) is 9.55 Å². The van der Waals surface area contributed by atoms with Gasteiger partial charge in [-0.15, -0.1) is 0 Å². The lowest BCUT2D eigenvalue weighted by atomic mass is 10.1. The molecule has 9 N–H and O–H groups in total. The van der Waals surface area contributed by atoms with E-state index in [4.69, 9.17) is 29.0 Å². The van der Waals surface area contributed by atoms with Crippen molar-refractivity contribution >= 4 is 33.4 Å². The second kappa shape index (κ2) is 39.4. The zero-order valence-corrected chi connectivity index (χ0v) is 45.4. The number of esters is 2. The average Bonchev–Trinajstić information content (AvgIpc) is 3.64. The first kappa shape index (κ1) is 67.2. The van der Waals surface area contributed by atoms with E-state index in [-0.39, 0.29) is 31.5 Å². The molecule has 2 heterocycles. The zero-order valence-electron chi connectivity index (χ0n) is 43.7. The molecule has 0 spiro atoms. The largest absolute Gasteiger partial charge is 0.481 e. The van der Waals surface area contributed by atoms with Crippen molar-refractivity contribution < 1.29 is 81.6 Å². The van der Waals surface area contributed by atoms with Gasteiger partial charge in [-0.25, -0.2) is 13.9 Å². The fourth-order valence-corrected chi connectivity index (χ4v) is 9.48. The molecule has 1 aliphatic rings. The SMILES string of the molecule is CCCCC/C=C\C/C=C\CCCCCCCCCC(=O)OC[C@H](COP(=O)(O)OP(=O)(O)OC[C@H]1O[C@@H](n2ccc(N)nc2=O)[C@H](O)[C@@H]1O)OC(=O)CCC[C@H](O)[C@@H](O)/C=C/C=C/C=C\C=C\[C@@H](O)CCCCC. The van der Waals surface area contributed by atoms with Crippen molar-refractivity contribution in [2.45, 2.75) is 198 Å². The van der Waals surface area contributed by atoms with Gasteiger partial charge >= 0.3 is 33.3 Å². The Morgan fingerprint density at radius 2 is 1.32 bits per heavy atom. The molecule has 21 nitrogen and oxygen atoms in total. The van der Waals surface area contributed by atoms with E-state index >= 15 is 0 Å². The third-order valence-electron chi connectivity index (χ3n) is 11.6. The average molecular weight is 1100 g/mol. The Morgan fingerprint density at radius 3 is 1.99 bits per heavy atom. The highest BCUT2D eigenvalue weighted by Crippen LogP contribution is 2.60. The molecule has 75 heavy (non-hydrogen) atoms. The minimum Gasteiger partial charge on any atom is -0.462 e. The molecule has 0 bridgehead atoms. The molecule has 0 saturated carbocycles. The number of carbonyl (C=O) groups excluding carboxylic acids is 2. The maximum Gasteiger partial charge on any atom is 0.481 e. The Labute approximate surface area is 442 Å². The number of phosphoric acid groups is 2. The van der Waals surface area contributed by atoms with Crippen molar-refractivity contribution in [2.75, 3.05) is 25.6 Å². The lowest BCUT2D eigenvalue weighted by Crippen LogP contribution is -2.36. The molecule has 1 aliphatic heterocycles. The van der Waals surface area contributed by atoms with Gasteiger partial charge in [0.15, 0.2) is 12.3 Å². The van der Waals surface area contributed by atoms with Gasteiger partial charge in [-0.1, -0.05) is 151 Å². The highest BCUT2D eigenvalue weighted by atomic mass is 31.3. The van der Waals surface area contributed by atoms with E-state index in [1.165, 1.54) is 37.5 Å². The molecular formula is C52H85N3O18P2. The van der Waals surface area contributed by atoms with Crippen LogP contribution in [0.3, 0.4) is 0 Å². The number of hydrogen-bond acceptors (Lipinski definition) is 18. The van der Waals surface area contributed by atoms with Crippen LogP contribution < -0.4 is 11.4 Å². The second-order valence-corrected chi connectivity index (χ2v) is 21.3. The molecule has 0 aromatic carbocycles. The lowest BCUT2D eigenvalue weighted by Gasteiger charge is -2.21. The van der Waals surface area contributed by atoms with Crippen molar-refractivity contribution in [3.63, 3.8) is 0 Å².